The molecule has 2 rings (SSSR count). The molecule has 0 saturated carbocycles. The molecule has 0 aromatic heterocycles. The summed E-state index contributed by atoms with van der Waals surface area (Å²) in [5.41, 5.74) is 1.01. The molecule has 3 nitrogen and oxygen atoms in total. The molecule has 1 fully saturated rings. The van der Waals surface area contributed by atoms with Gasteiger partial charge in [0.05, 0.1) is 0 Å². The van der Waals surface area contributed by atoms with Crippen LogP contribution in [-0.4, -0.2) is 6.61 Å². The second-order valence-corrected chi connectivity index (χ2v) is 3.44. The Morgan fingerprint density at radius 2 is 2.08 bits per heavy atom. The molecular weight excluding hydrogens is 175 g/mol. The average molecular weight is 183 g/mol. The van der Waals surface area contributed by atoms with Crippen LogP contribution in [-0.2, 0) is 13.6 Å². The fraction of sp³-hybridized carbons (Fsp3) is 0.250. The number of hydrogen-bond acceptors (Lipinski definition) is 3. The quantitative estimate of drug-likeness (QED) is 0.627. The van der Waals surface area contributed by atoms with Crippen molar-refractivity contribution in [1.29, 1.82) is 0 Å². The minimum absolute atomic E-state index is 0.158. The summed E-state index contributed by atoms with van der Waals surface area (Å²) in [4.78, 5) is 0. The van der Waals surface area contributed by atoms with Crippen molar-refractivity contribution in [1.82, 2.24) is 0 Å². The summed E-state index contributed by atoms with van der Waals surface area (Å²) < 4.78 is 20.6. The van der Waals surface area contributed by atoms with E-state index in [0.717, 1.165) is 5.56 Å². The lowest BCUT2D eigenvalue weighted by Gasteiger charge is -1.99. The summed E-state index contributed by atoms with van der Waals surface area (Å²) in [5.74, 6) is 0. The molecule has 0 aliphatic carbocycles. The highest BCUT2D eigenvalue weighted by atomic mass is 31.1. The van der Waals surface area contributed by atoms with Crippen molar-refractivity contribution >= 4 is 8.25 Å². The summed E-state index contributed by atoms with van der Waals surface area (Å²) in [7, 11) is -1.88. The van der Waals surface area contributed by atoms with Crippen molar-refractivity contribution in [3.8, 4) is 0 Å². The highest BCUT2D eigenvalue weighted by Gasteiger charge is 2.38. The van der Waals surface area contributed by atoms with Gasteiger partial charge in [-0.25, -0.2) is 0 Å². The maximum absolute atomic E-state index is 10.7. The molecule has 1 saturated heterocycles. The van der Waals surface area contributed by atoms with Crippen LogP contribution in [0.1, 0.15) is 11.7 Å². The van der Waals surface area contributed by atoms with Crippen molar-refractivity contribution in [2.24, 2.45) is 0 Å². The Bertz CT molecular complexity index is 286. The lowest BCUT2D eigenvalue weighted by molar-refractivity contribution is 0.243. The molecule has 1 heterocycles. The highest BCUT2D eigenvalue weighted by Crippen LogP contribution is 2.40. The molecule has 1 aliphatic heterocycles. The highest BCUT2D eigenvalue weighted by molar-refractivity contribution is 7.33. The maximum Gasteiger partial charge on any atom is 0.698 e. The molecule has 1 aromatic rings. The van der Waals surface area contributed by atoms with Crippen LogP contribution in [0.2, 0.25) is 0 Å². The third-order valence-electron chi connectivity index (χ3n) is 1.72. The van der Waals surface area contributed by atoms with E-state index >= 15 is 0 Å². The van der Waals surface area contributed by atoms with E-state index in [0.29, 0.717) is 6.61 Å². The van der Waals surface area contributed by atoms with Gasteiger partial charge in [-0.3, -0.25) is 0 Å². The molecular formula is C8H8O3P+. The average Bonchev–Trinajstić information content (AvgIpc) is 2.54. The first-order valence-corrected chi connectivity index (χ1v) is 4.78. The standard InChI is InChI=1S/C8H8O3P/c9-12-10-6-8(11-12)7-4-2-1-3-5-7/h1-5,8H,6H2/q+1. The summed E-state index contributed by atoms with van der Waals surface area (Å²) >= 11 is 0. The van der Waals surface area contributed by atoms with Gasteiger partial charge in [-0.2, -0.15) is 0 Å². The third kappa shape index (κ3) is 1.53. The summed E-state index contributed by atoms with van der Waals surface area (Å²) in [6, 6.07) is 9.64. The van der Waals surface area contributed by atoms with Crippen LogP contribution in [0.4, 0.5) is 0 Å². The zero-order valence-corrected chi connectivity index (χ0v) is 7.24. The Hall–Kier alpha value is -0.760. The Kier molecular flexibility index (Phi) is 2.17. The van der Waals surface area contributed by atoms with E-state index in [1.54, 1.807) is 0 Å². The van der Waals surface area contributed by atoms with Crippen molar-refractivity contribution in [2.45, 2.75) is 6.10 Å². The maximum atomic E-state index is 10.7. The van der Waals surface area contributed by atoms with Crippen molar-refractivity contribution in [2.75, 3.05) is 6.61 Å². The first kappa shape index (κ1) is 7.87. The second-order valence-electron chi connectivity index (χ2n) is 2.52. The molecule has 62 valence electrons. The van der Waals surface area contributed by atoms with Gasteiger partial charge in [0.15, 0.2) is 6.10 Å². The molecule has 2 unspecified atom stereocenters. The van der Waals surface area contributed by atoms with Crippen LogP contribution < -0.4 is 0 Å². The van der Waals surface area contributed by atoms with E-state index < -0.39 is 8.25 Å². The van der Waals surface area contributed by atoms with E-state index in [-0.39, 0.29) is 6.10 Å². The zero-order chi connectivity index (χ0) is 8.39. The number of hydrogen-bond donors (Lipinski definition) is 0. The zero-order valence-electron chi connectivity index (χ0n) is 6.34. The summed E-state index contributed by atoms with van der Waals surface area (Å²) in [6.45, 7) is 0.388. The van der Waals surface area contributed by atoms with E-state index in [4.69, 9.17) is 9.05 Å². The van der Waals surface area contributed by atoms with Gasteiger partial charge in [-0.1, -0.05) is 30.3 Å². The molecule has 0 bridgehead atoms. The molecule has 1 aliphatic rings. The lowest BCUT2D eigenvalue weighted by atomic mass is 10.1. The fourth-order valence-corrected chi connectivity index (χ4v) is 1.83. The minimum atomic E-state index is -1.88. The molecule has 2 atom stereocenters. The Morgan fingerprint density at radius 3 is 2.67 bits per heavy atom. The van der Waals surface area contributed by atoms with Gasteiger partial charge < -0.3 is 0 Å². The molecule has 12 heavy (non-hydrogen) atoms. The monoisotopic (exact) mass is 183 g/mol. The number of rotatable bonds is 1. The molecule has 4 heteroatoms. The summed E-state index contributed by atoms with van der Waals surface area (Å²) in [5, 5.41) is 0. The van der Waals surface area contributed by atoms with Gasteiger partial charge in [0.1, 0.15) is 6.61 Å². The molecule has 0 N–H and O–H groups in total. The first-order valence-electron chi connectivity index (χ1n) is 3.68. The van der Waals surface area contributed by atoms with Crippen LogP contribution in [0.25, 0.3) is 0 Å². The fourth-order valence-electron chi connectivity index (χ4n) is 1.12. The predicted octanol–water partition coefficient (Wildman–Crippen LogP) is 2.43. The lowest BCUT2D eigenvalue weighted by Crippen LogP contribution is -1.97. The molecule has 0 radical (unpaired) electrons. The van der Waals surface area contributed by atoms with Gasteiger partial charge in [-0.15, -0.1) is 9.05 Å². The van der Waals surface area contributed by atoms with E-state index in [1.165, 1.54) is 0 Å². The topological polar surface area (TPSA) is 35.5 Å². The normalized spacial score (nSPS) is 26.0. The van der Waals surface area contributed by atoms with Crippen molar-refractivity contribution in [3.63, 3.8) is 0 Å². The predicted molar refractivity (Wildman–Crippen MR) is 43.8 cm³/mol. The molecule has 1 aromatic carbocycles. The van der Waals surface area contributed by atoms with Gasteiger partial charge in [-0.05, 0) is 5.56 Å². The Morgan fingerprint density at radius 1 is 1.33 bits per heavy atom. The van der Waals surface area contributed by atoms with Crippen LogP contribution in [0.5, 0.6) is 0 Å². The van der Waals surface area contributed by atoms with Crippen LogP contribution in [0.3, 0.4) is 0 Å². The first-order chi connectivity index (χ1) is 5.86. The van der Waals surface area contributed by atoms with Gasteiger partial charge in [0, 0.05) is 4.57 Å². The number of benzene rings is 1. The minimum Gasteiger partial charge on any atom is -0.116 e. The third-order valence-corrected chi connectivity index (χ3v) is 2.50. The van der Waals surface area contributed by atoms with Gasteiger partial charge in [0.2, 0.25) is 0 Å². The van der Waals surface area contributed by atoms with Crippen LogP contribution in [0.15, 0.2) is 30.3 Å². The molecule has 0 spiro atoms. The largest absolute Gasteiger partial charge is 0.698 e. The van der Waals surface area contributed by atoms with Crippen molar-refractivity contribution < 1.29 is 13.6 Å². The Balaban J connectivity index is 2.16. The SMILES string of the molecule is O=[P+]1OCC(c2ccccc2)O1. The van der Waals surface area contributed by atoms with Crippen molar-refractivity contribution in [3.05, 3.63) is 35.9 Å². The van der Waals surface area contributed by atoms with Gasteiger partial charge in [0.25, 0.3) is 0 Å². The Labute approximate surface area is 71.3 Å². The van der Waals surface area contributed by atoms with Gasteiger partial charge >= 0.3 is 8.25 Å². The summed E-state index contributed by atoms with van der Waals surface area (Å²) in [6.07, 6.45) is -0.158. The smallest absolute Gasteiger partial charge is 0.116 e. The van der Waals surface area contributed by atoms with Crippen LogP contribution in [0, 0.1) is 0 Å². The second kappa shape index (κ2) is 3.31. The van der Waals surface area contributed by atoms with Crippen LogP contribution >= 0.6 is 8.25 Å². The van der Waals surface area contributed by atoms with E-state index in [1.807, 2.05) is 30.3 Å². The van der Waals surface area contributed by atoms with E-state index in [9.17, 15) is 4.57 Å². The molecule has 0 amide bonds. The van der Waals surface area contributed by atoms with E-state index in [2.05, 4.69) is 0 Å².